The van der Waals surface area contributed by atoms with E-state index in [0.29, 0.717) is 6.10 Å². The van der Waals surface area contributed by atoms with Gasteiger partial charge in [-0.3, -0.25) is 0 Å². The van der Waals surface area contributed by atoms with Crippen LogP contribution >= 0.6 is 0 Å². The molecule has 1 rings (SSSR count). The largest absolute Gasteiger partial charge is 0.374 e. The lowest BCUT2D eigenvalue weighted by atomic mass is 10.0. The van der Waals surface area contributed by atoms with E-state index in [2.05, 4.69) is 13.5 Å². The van der Waals surface area contributed by atoms with Crippen molar-refractivity contribution < 1.29 is 4.74 Å². The summed E-state index contributed by atoms with van der Waals surface area (Å²) in [6.07, 6.45) is 4.67. The third-order valence-corrected chi connectivity index (χ3v) is 1.80. The Kier molecular flexibility index (Phi) is 2.29. The molecule has 1 heteroatoms. The number of hydrogen-bond acceptors (Lipinski definition) is 1. The molecule has 1 heterocycles. The van der Waals surface area contributed by atoms with Gasteiger partial charge in [-0.15, -0.1) is 6.58 Å². The first-order valence-electron chi connectivity index (χ1n) is 3.57. The Balaban J connectivity index is 2.26. The Labute approximate surface area is 56.7 Å². The smallest absolute Gasteiger partial charge is 0.0753 e. The monoisotopic (exact) mass is 126 g/mol. The average molecular weight is 126 g/mol. The lowest BCUT2D eigenvalue weighted by molar-refractivity contribution is 0.0167. The molecule has 1 fully saturated rings. The second kappa shape index (κ2) is 3.02. The Morgan fingerprint density at radius 1 is 1.56 bits per heavy atom. The summed E-state index contributed by atoms with van der Waals surface area (Å²) in [6.45, 7) is 6.82. The first-order valence-corrected chi connectivity index (χ1v) is 3.57. The third-order valence-electron chi connectivity index (χ3n) is 1.80. The maximum atomic E-state index is 5.42. The van der Waals surface area contributed by atoms with Gasteiger partial charge in [-0.25, -0.2) is 0 Å². The van der Waals surface area contributed by atoms with E-state index in [9.17, 15) is 0 Å². The molecule has 2 unspecified atom stereocenters. The molecule has 0 spiro atoms. The molecule has 0 saturated carbocycles. The second-order valence-electron chi connectivity index (χ2n) is 2.79. The quantitative estimate of drug-likeness (QED) is 0.488. The molecule has 0 N–H and O–H groups in total. The van der Waals surface area contributed by atoms with E-state index >= 15 is 0 Å². The highest BCUT2D eigenvalue weighted by molar-refractivity contribution is 4.82. The van der Waals surface area contributed by atoms with E-state index in [-0.39, 0.29) is 0 Å². The van der Waals surface area contributed by atoms with Crippen molar-refractivity contribution in [2.75, 3.05) is 6.61 Å². The van der Waals surface area contributed by atoms with Crippen molar-refractivity contribution in [3.63, 3.8) is 0 Å². The number of ether oxygens (including phenoxy) is 1. The molecule has 1 nitrogen and oxygen atoms in total. The molecule has 1 saturated heterocycles. The van der Waals surface area contributed by atoms with E-state index in [0.717, 1.165) is 18.9 Å². The summed E-state index contributed by atoms with van der Waals surface area (Å²) in [5.41, 5.74) is 0. The fourth-order valence-corrected chi connectivity index (χ4v) is 1.09. The molecule has 1 aliphatic heterocycles. The van der Waals surface area contributed by atoms with E-state index in [1.54, 1.807) is 0 Å². The molecule has 0 aromatic carbocycles. The summed E-state index contributed by atoms with van der Waals surface area (Å²) < 4.78 is 5.42. The predicted molar refractivity (Wildman–Crippen MR) is 38.3 cm³/mol. The third kappa shape index (κ3) is 1.83. The van der Waals surface area contributed by atoms with Crippen LogP contribution in [0, 0.1) is 5.92 Å². The summed E-state index contributed by atoms with van der Waals surface area (Å²) in [6, 6.07) is 0. The number of rotatable bonds is 1. The van der Waals surface area contributed by atoms with Gasteiger partial charge in [0, 0.05) is 6.61 Å². The van der Waals surface area contributed by atoms with Crippen LogP contribution in [0.25, 0.3) is 0 Å². The van der Waals surface area contributed by atoms with Crippen LogP contribution in [0.4, 0.5) is 0 Å². The molecule has 0 bridgehead atoms. The zero-order valence-electron chi connectivity index (χ0n) is 5.97. The minimum atomic E-state index is 0.334. The van der Waals surface area contributed by atoms with Crippen molar-refractivity contribution in [3.8, 4) is 0 Å². The van der Waals surface area contributed by atoms with Gasteiger partial charge in [0.15, 0.2) is 0 Å². The minimum Gasteiger partial charge on any atom is -0.374 e. The maximum absolute atomic E-state index is 5.42. The van der Waals surface area contributed by atoms with Crippen molar-refractivity contribution in [1.82, 2.24) is 0 Å². The fourth-order valence-electron chi connectivity index (χ4n) is 1.09. The van der Waals surface area contributed by atoms with Gasteiger partial charge in [-0.05, 0) is 18.8 Å². The Morgan fingerprint density at radius 2 is 2.33 bits per heavy atom. The van der Waals surface area contributed by atoms with Crippen molar-refractivity contribution >= 4 is 0 Å². The maximum Gasteiger partial charge on any atom is 0.0753 e. The van der Waals surface area contributed by atoms with Crippen LogP contribution in [-0.4, -0.2) is 12.7 Å². The standard InChI is InChI=1S/C8H14O/c1-3-8-5-4-7(2)6-9-8/h3,7-8H,1,4-6H2,2H3. The van der Waals surface area contributed by atoms with Crippen LogP contribution in [0.2, 0.25) is 0 Å². The van der Waals surface area contributed by atoms with Gasteiger partial charge in [0.25, 0.3) is 0 Å². The highest BCUT2D eigenvalue weighted by Gasteiger charge is 2.14. The first kappa shape index (κ1) is 6.81. The predicted octanol–water partition coefficient (Wildman–Crippen LogP) is 1.99. The van der Waals surface area contributed by atoms with Crippen LogP contribution in [0.1, 0.15) is 19.8 Å². The lowest BCUT2D eigenvalue weighted by Gasteiger charge is -2.24. The summed E-state index contributed by atoms with van der Waals surface area (Å²) >= 11 is 0. The Morgan fingerprint density at radius 3 is 2.78 bits per heavy atom. The zero-order valence-corrected chi connectivity index (χ0v) is 5.97. The van der Waals surface area contributed by atoms with Crippen LogP contribution in [-0.2, 0) is 4.74 Å². The minimum absolute atomic E-state index is 0.334. The average Bonchev–Trinajstić information content (AvgIpc) is 1.90. The van der Waals surface area contributed by atoms with Crippen molar-refractivity contribution in [2.45, 2.75) is 25.9 Å². The van der Waals surface area contributed by atoms with Gasteiger partial charge >= 0.3 is 0 Å². The number of hydrogen-bond donors (Lipinski definition) is 0. The fraction of sp³-hybridized carbons (Fsp3) is 0.750. The molecular formula is C8H14O. The van der Waals surface area contributed by atoms with Crippen LogP contribution in [0.5, 0.6) is 0 Å². The topological polar surface area (TPSA) is 9.23 Å². The van der Waals surface area contributed by atoms with E-state index < -0.39 is 0 Å². The summed E-state index contributed by atoms with van der Waals surface area (Å²) in [5, 5.41) is 0. The normalized spacial score (nSPS) is 36.1. The van der Waals surface area contributed by atoms with Crippen LogP contribution in [0.3, 0.4) is 0 Å². The van der Waals surface area contributed by atoms with Gasteiger partial charge < -0.3 is 4.74 Å². The van der Waals surface area contributed by atoms with Gasteiger partial charge in [0.1, 0.15) is 0 Å². The van der Waals surface area contributed by atoms with Crippen LogP contribution < -0.4 is 0 Å². The summed E-state index contributed by atoms with van der Waals surface area (Å²) in [5.74, 6) is 0.751. The highest BCUT2D eigenvalue weighted by atomic mass is 16.5. The highest BCUT2D eigenvalue weighted by Crippen LogP contribution is 2.18. The molecular weight excluding hydrogens is 112 g/mol. The SMILES string of the molecule is C=CC1CCC(C)CO1. The van der Waals surface area contributed by atoms with E-state index in [1.807, 2.05) is 6.08 Å². The zero-order chi connectivity index (χ0) is 6.69. The van der Waals surface area contributed by atoms with Crippen molar-refractivity contribution in [2.24, 2.45) is 5.92 Å². The molecule has 2 atom stereocenters. The van der Waals surface area contributed by atoms with Gasteiger partial charge in [-0.2, -0.15) is 0 Å². The molecule has 0 aromatic rings. The summed E-state index contributed by atoms with van der Waals surface area (Å²) in [7, 11) is 0. The van der Waals surface area contributed by atoms with Gasteiger partial charge in [-0.1, -0.05) is 13.0 Å². The lowest BCUT2D eigenvalue weighted by Crippen LogP contribution is -2.22. The van der Waals surface area contributed by atoms with E-state index in [4.69, 9.17) is 4.74 Å². The first-order chi connectivity index (χ1) is 4.33. The van der Waals surface area contributed by atoms with Gasteiger partial charge in [0.05, 0.1) is 6.10 Å². The molecule has 0 amide bonds. The summed E-state index contributed by atoms with van der Waals surface area (Å²) in [4.78, 5) is 0. The Bertz CT molecular complexity index is 90.7. The molecule has 0 radical (unpaired) electrons. The van der Waals surface area contributed by atoms with Crippen molar-refractivity contribution in [1.29, 1.82) is 0 Å². The van der Waals surface area contributed by atoms with E-state index in [1.165, 1.54) is 6.42 Å². The molecule has 0 aliphatic carbocycles. The molecule has 1 aliphatic rings. The molecule has 52 valence electrons. The van der Waals surface area contributed by atoms with Crippen molar-refractivity contribution in [3.05, 3.63) is 12.7 Å². The van der Waals surface area contributed by atoms with Gasteiger partial charge in [0.2, 0.25) is 0 Å². The van der Waals surface area contributed by atoms with Crippen LogP contribution in [0.15, 0.2) is 12.7 Å². The molecule has 0 aromatic heterocycles. The second-order valence-corrected chi connectivity index (χ2v) is 2.79. The molecule has 9 heavy (non-hydrogen) atoms. The Hall–Kier alpha value is -0.300.